The number of carboxylic acids is 1. The number of carboxylic acid groups (broad SMARTS) is 1. The zero-order chi connectivity index (χ0) is 11.5. The summed E-state index contributed by atoms with van der Waals surface area (Å²) < 4.78 is 17.1. The molecule has 2 aromatic rings. The summed E-state index contributed by atoms with van der Waals surface area (Å²) in [5.74, 6) is -0.793. The van der Waals surface area contributed by atoms with Crippen LogP contribution in [0.5, 0.6) is 0 Å². The van der Waals surface area contributed by atoms with Crippen molar-refractivity contribution in [1.29, 1.82) is 0 Å². The second kappa shape index (κ2) is 4.14. The highest BCUT2D eigenvalue weighted by molar-refractivity contribution is 5.86. The minimum absolute atomic E-state index is 0.149. The molecule has 82 valence electrons. The maximum atomic E-state index is 12.3. The lowest BCUT2D eigenvalue weighted by atomic mass is 10.1. The maximum Gasteiger partial charge on any atom is 0.358 e. The molecule has 5 heteroatoms. The van der Waals surface area contributed by atoms with E-state index in [1.54, 1.807) is 24.3 Å². The monoisotopic (exact) mass is 221 g/mol. The third-order valence-electron chi connectivity index (χ3n) is 2.12. The van der Waals surface area contributed by atoms with Gasteiger partial charge in [-0.2, -0.15) is 0 Å². The lowest BCUT2D eigenvalue weighted by Gasteiger charge is -1.96. The smallest absolute Gasteiger partial charge is 0.358 e. The van der Waals surface area contributed by atoms with Crippen LogP contribution in [0.1, 0.15) is 16.1 Å². The highest BCUT2D eigenvalue weighted by Crippen LogP contribution is 2.21. The quantitative estimate of drug-likeness (QED) is 0.864. The largest absolute Gasteiger partial charge is 0.476 e. The Balaban J connectivity index is 2.31. The molecule has 0 aliphatic rings. The molecule has 0 unspecified atom stereocenters. The van der Waals surface area contributed by atoms with Crippen LogP contribution in [0.15, 0.2) is 34.9 Å². The Morgan fingerprint density at radius 2 is 2.06 bits per heavy atom. The van der Waals surface area contributed by atoms with Gasteiger partial charge in [-0.05, 0) is 5.56 Å². The predicted octanol–water partition coefficient (Wildman–Crippen LogP) is 2.51. The third kappa shape index (κ3) is 1.93. The van der Waals surface area contributed by atoms with Crippen molar-refractivity contribution < 1.29 is 18.8 Å². The highest BCUT2D eigenvalue weighted by atomic mass is 19.1. The number of hydrogen-bond donors (Lipinski definition) is 1. The average Bonchev–Trinajstić information content (AvgIpc) is 2.78. The molecular formula is C11H8FNO3. The fourth-order valence-electron chi connectivity index (χ4n) is 1.27. The van der Waals surface area contributed by atoms with Gasteiger partial charge in [-0.3, -0.25) is 0 Å². The minimum Gasteiger partial charge on any atom is -0.476 e. The summed E-state index contributed by atoms with van der Waals surface area (Å²) in [5, 5.41) is 12.0. The molecule has 0 aliphatic carbocycles. The first-order chi connectivity index (χ1) is 7.70. The van der Waals surface area contributed by atoms with Gasteiger partial charge in [-0.15, -0.1) is 0 Å². The molecule has 4 nitrogen and oxygen atoms in total. The van der Waals surface area contributed by atoms with Gasteiger partial charge in [0.1, 0.15) is 6.67 Å². The second-order valence-corrected chi connectivity index (χ2v) is 3.21. The molecule has 1 aromatic heterocycles. The summed E-state index contributed by atoms with van der Waals surface area (Å²) in [6.45, 7) is -0.531. The number of benzene rings is 1. The summed E-state index contributed by atoms with van der Waals surface area (Å²) >= 11 is 0. The van der Waals surface area contributed by atoms with Crippen molar-refractivity contribution in [2.45, 2.75) is 6.67 Å². The number of alkyl halides is 1. The number of hydrogen-bond acceptors (Lipinski definition) is 3. The Morgan fingerprint density at radius 3 is 2.56 bits per heavy atom. The SMILES string of the molecule is O=C(O)c1cc(-c2ccc(CF)cc2)on1. The molecule has 0 radical (unpaired) electrons. The highest BCUT2D eigenvalue weighted by Gasteiger charge is 2.11. The molecular weight excluding hydrogens is 213 g/mol. The van der Waals surface area contributed by atoms with Gasteiger partial charge in [0.15, 0.2) is 11.5 Å². The van der Waals surface area contributed by atoms with Gasteiger partial charge >= 0.3 is 5.97 Å². The third-order valence-corrected chi connectivity index (χ3v) is 2.12. The Labute approximate surface area is 90.3 Å². The first-order valence-corrected chi connectivity index (χ1v) is 4.56. The summed E-state index contributed by atoms with van der Waals surface area (Å²) in [5.41, 5.74) is 1.07. The maximum absolute atomic E-state index is 12.3. The second-order valence-electron chi connectivity index (χ2n) is 3.21. The van der Waals surface area contributed by atoms with Crippen LogP contribution < -0.4 is 0 Å². The van der Waals surface area contributed by atoms with Gasteiger partial charge in [-0.25, -0.2) is 9.18 Å². The summed E-state index contributed by atoms with van der Waals surface area (Å²) in [7, 11) is 0. The van der Waals surface area contributed by atoms with E-state index in [0.717, 1.165) is 0 Å². The van der Waals surface area contributed by atoms with Crippen LogP contribution in [0.2, 0.25) is 0 Å². The van der Waals surface area contributed by atoms with Gasteiger partial charge in [0.05, 0.1) is 0 Å². The van der Waals surface area contributed by atoms with Crippen molar-refractivity contribution >= 4 is 5.97 Å². The lowest BCUT2D eigenvalue weighted by molar-refractivity contribution is 0.0686. The molecule has 2 rings (SSSR count). The van der Waals surface area contributed by atoms with Gasteiger partial charge < -0.3 is 9.63 Å². The van der Waals surface area contributed by atoms with Crippen LogP contribution in [0.25, 0.3) is 11.3 Å². The average molecular weight is 221 g/mol. The molecule has 0 aliphatic heterocycles. The van der Waals surface area contributed by atoms with Crippen molar-refractivity contribution in [1.82, 2.24) is 5.16 Å². The van der Waals surface area contributed by atoms with Crippen molar-refractivity contribution in [3.8, 4) is 11.3 Å². The molecule has 0 atom stereocenters. The van der Waals surface area contributed by atoms with Gasteiger partial charge in [-0.1, -0.05) is 29.4 Å². The van der Waals surface area contributed by atoms with E-state index in [1.165, 1.54) is 6.07 Å². The number of aromatic carboxylic acids is 1. The van der Waals surface area contributed by atoms with Gasteiger partial charge in [0, 0.05) is 11.6 Å². The van der Waals surface area contributed by atoms with Crippen molar-refractivity contribution in [2.75, 3.05) is 0 Å². The van der Waals surface area contributed by atoms with Crippen molar-refractivity contribution in [2.24, 2.45) is 0 Å². The topological polar surface area (TPSA) is 63.3 Å². The lowest BCUT2D eigenvalue weighted by Crippen LogP contribution is -1.94. The molecule has 0 amide bonds. The number of halogens is 1. The van der Waals surface area contributed by atoms with Crippen molar-refractivity contribution in [3.63, 3.8) is 0 Å². The van der Waals surface area contributed by atoms with E-state index in [2.05, 4.69) is 5.16 Å². The first-order valence-electron chi connectivity index (χ1n) is 4.56. The van der Waals surface area contributed by atoms with Gasteiger partial charge in [0.25, 0.3) is 0 Å². The van der Waals surface area contributed by atoms with E-state index in [0.29, 0.717) is 16.9 Å². The number of rotatable bonds is 3. The number of aromatic nitrogens is 1. The Hall–Kier alpha value is -2.17. The predicted molar refractivity (Wildman–Crippen MR) is 53.7 cm³/mol. The zero-order valence-corrected chi connectivity index (χ0v) is 8.18. The molecule has 0 saturated heterocycles. The fraction of sp³-hybridized carbons (Fsp3) is 0.0909. The Bertz CT molecular complexity index is 504. The van der Waals surface area contributed by atoms with E-state index in [4.69, 9.17) is 9.63 Å². The van der Waals surface area contributed by atoms with E-state index < -0.39 is 12.6 Å². The van der Waals surface area contributed by atoms with Crippen LogP contribution in [0.3, 0.4) is 0 Å². The van der Waals surface area contributed by atoms with E-state index in [9.17, 15) is 9.18 Å². The van der Waals surface area contributed by atoms with Crippen LogP contribution >= 0.6 is 0 Å². The van der Waals surface area contributed by atoms with Crippen molar-refractivity contribution in [3.05, 3.63) is 41.6 Å². The molecule has 0 fully saturated rings. The molecule has 0 bridgehead atoms. The molecule has 1 heterocycles. The summed E-state index contributed by atoms with van der Waals surface area (Å²) in [4.78, 5) is 10.6. The van der Waals surface area contributed by atoms with Crippen LogP contribution in [-0.4, -0.2) is 16.2 Å². The van der Waals surface area contributed by atoms with Crippen LogP contribution in [-0.2, 0) is 6.67 Å². The minimum atomic E-state index is -1.14. The molecule has 0 spiro atoms. The number of nitrogens with zero attached hydrogens (tertiary/aromatic N) is 1. The standard InChI is InChI=1S/C11H8FNO3/c12-6-7-1-3-8(4-2-7)10-5-9(11(14)15)13-16-10/h1-5H,6H2,(H,14,15). The van der Waals surface area contributed by atoms with E-state index in [-0.39, 0.29) is 5.69 Å². The van der Waals surface area contributed by atoms with Crippen LogP contribution in [0, 0.1) is 0 Å². The zero-order valence-electron chi connectivity index (χ0n) is 8.18. The Morgan fingerprint density at radius 1 is 1.38 bits per heavy atom. The first kappa shape index (κ1) is 10.4. The molecule has 1 N–H and O–H groups in total. The number of carbonyl (C=O) groups is 1. The normalized spacial score (nSPS) is 10.3. The molecule has 0 saturated carbocycles. The Kier molecular flexibility index (Phi) is 2.68. The molecule has 1 aromatic carbocycles. The van der Waals surface area contributed by atoms with Gasteiger partial charge in [0.2, 0.25) is 0 Å². The summed E-state index contributed by atoms with van der Waals surface area (Å²) in [6, 6.07) is 7.85. The fourth-order valence-corrected chi connectivity index (χ4v) is 1.27. The van der Waals surface area contributed by atoms with E-state index >= 15 is 0 Å². The summed E-state index contributed by atoms with van der Waals surface area (Å²) in [6.07, 6.45) is 0. The van der Waals surface area contributed by atoms with Crippen LogP contribution in [0.4, 0.5) is 4.39 Å². The van der Waals surface area contributed by atoms with E-state index in [1.807, 2.05) is 0 Å². The molecule has 16 heavy (non-hydrogen) atoms.